The summed E-state index contributed by atoms with van der Waals surface area (Å²) >= 11 is 3.41. The van der Waals surface area contributed by atoms with Crippen molar-refractivity contribution in [3.8, 4) is 0 Å². The Balaban J connectivity index is 2.25. The molecule has 0 saturated heterocycles. The van der Waals surface area contributed by atoms with Gasteiger partial charge in [-0.05, 0) is 37.6 Å². The van der Waals surface area contributed by atoms with Gasteiger partial charge in [-0.2, -0.15) is 0 Å². The van der Waals surface area contributed by atoms with Crippen LogP contribution in [0.1, 0.15) is 21.6 Å². The van der Waals surface area contributed by atoms with Gasteiger partial charge in [0.05, 0.1) is 0 Å². The SMILES string of the molecule is Cc1cc(C(=O)Nc2ccc(C)c(Br)c2)cc(=O)[nH]1. The van der Waals surface area contributed by atoms with E-state index in [0.29, 0.717) is 16.9 Å². The van der Waals surface area contributed by atoms with E-state index in [-0.39, 0.29) is 11.5 Å². The molecule has 1 aromatic carbocycles. The van der Waals surface area contributed by atoms with Crippen molar-refractivity contribution in [2.45, 2.75) is 13.8 Å². The number of aromatic nitrogens is 1. The lowest BCUT2D eigenvalue weighted by Crippen LogP contribution is -2.16. The fourth-order valence-corrected chi connectivity index (χ4v) is 2.07. The second-order valence-electron chi connectivity index (χ2n) is 4.33. The van der Waals surface area contributed by atoms with Gasteiger partial charge in [0, 0.05) is 27.5 Å². The number of aryl methyl sites for hydroxylation is 2. The second-order valence-corrected chi connectivity index (χ2v) is 5.19. The summed E-state index contributed by atoms with van der Waals surface area (Å²) in [4.78, 5) is 26.0. The third-order valence-electron chi connectivity index (χ3n) is 2.67. The van der Waals surface area contributed by atoms with Crippen LogP contribution >= 0.6 is 15.9 Å². The summed E-state index contributed by atoms with van der Waals surface area (Å²) in [6.45, 7) is 3.70. The van der Waals surface area contributed by atoms with Gasteiger partial charge < -0.3 is 10.3 Å². The molecule has 0 fully saturated rings. The molecule has 0 aliphatic rings. The average molecular weight is 321 g/mol. The maximum Gasteiger partial charge on any atom is 0.255 e. The highest BCUT2D eigenvalue weighted by Gasteiger charge is 2.08. The highest BCUT2D eigenvalue weighted by atomic mass is 79.9. The van der Waals surface area contributed by atoms with E-state index in [4.69, 9.17) is 0 Å². The Labute approximate surface area is 119 Å². The monoisotopic (exact) mass is 320 g/mol. The number of benzene rings is 1. The minimum absolute atomic E-state index is 0.282. The van der Waals surface area contributed by atoms with Crippen molar-refractivity contribution < 1.29 is 4.79 Å². The molecular formula is C14H13BrN2O2. The van der Waals surface area contributed by atoms with Crippen molar-refractivity contribution in [3.63, 3.8) is 0 Å². The fourth-order valence-electron chi connectivity index (χ4n) is 1.69. The van der Waals surface area contributed by atoms with Crippen LogP contribution in [0.5, 0.6) is 0 Å². The molecule has 0 spiro atoms. The molecule has 19 heavy (non-hydrogen) atoms. The molecule has 1 heterocycles. The number of aromatic amines is 1. The predicted molar refractivity (Wildman–Crippen MR) is 78.6 cm³/mol. The topological polar surface area (TPSA) is 62.0 Å². The first-order chi connectivity index (χ1) is 8.95. The number of carbonyl (C=O) groups is 1. The normalized spacial score (nSPS) is 10.3. The lowest BCUT2D eigenvalue weighted by Gasteiger charge is -2.07. The first-order valence-electron chi connectivity index (χ1n) is 5.74. The number of halogens is 1. The second kappa shape index (κ2) is 5.40. The standard InChI is InChI=1S/C14H13BrN2O2/c1-8-3-4-11(7-12(8)15)17-14(19)10-5-9(2)16-13(18)6-10/h3-7H,1-2H3,(H,16,18)(H,17,19). The van der Waals surface area contributed by atoms with E-state index in [9.17, 15) is 9.59 Å². The number of rotatable bonds is 2. The van der Waals surface area contributed by atoms with Crippen LogP contribution in [0.4, 0.5) is 5.69 Å². The van der Waals surface area contributed by atoms with Gasteiger partial charge in [-0.3, -0.25) is 9.59 Å². The molecule has 1 aromatic heterocycles. The molecule has 0 radical (unpaired) electrons. The average Bonchev–Trinajstić information content (AvgIpc) is 2.32. The Hall–Kier alpha value is -1.88. The Morgan fingerprint density at radius 3 is 2.58 bits per heavy atom. The molecule has 98 valence electrons. The Morgan fingerprint density at radius 2 is 1.95 bits per heavy atom. The number of carbonyl (C=O) groups excluding carboxylic acids is 1. The summed E-state index contributed by atoms with van der Waals surface area (Å²) in [7, 11) is 0. The summed E-state index contributed by atoms with van der Waals surface area (Å²) in [5.41, 5.74) is 2.49. The molecule has 4 nitrogen and oxygen atoms in total. The molecule has 0 unspecified atom stereocenters. The molecule has 0 saturated carbocycles. The Kier molecular flexibility index (Phi) is 3.85. The molecule has 1 amide bonds. The summed E-state index contributed by atoms with van der Waals surface area (Å²) in [5.74, 6) is -0.301. The lowest BCUT2D eigenvalue weighted by atomic mass is 10.2. The maximum atomic E-state index is 12.0. The summed E-state index contributed by atoms with van der Waals surface area (Å²) in [6.07, 6.45) is 0. The van der Waals surface area contributed by atoms with Crippen LogP contribution in [0.3, 0.4) is 0 Å². The number of hydrogen-bond donors (Lipinski definition) is 2. The Morgan fingerprint density at radius 1 is 1.21 bits per heavy atom. The Bertz CT molecular complexity index is 692. The van der Waals surface area contributed by atoms with Crippen LogP contribution < -0.4 is 10.9 Å². The first-order valence-corrected chi connectivity index (χ1v) is 6.53. The first kappa shape index (κ1) is 13.5. The van der Waals surface area contributed by atoms with Crippen molar-refractivity contribution in [1.82, 2.24) is 4.98 Å². The minimum Gasteiger partial charge on any atom is -0.326 e. The number of amides is 1. The lowest BCUT2D eigenvalue weighted by molar-refractivity contribution is 0.102. The highest BCUT2D eigenvalue weighted by Crippen LogP contribution is 2.21. The van der Waals surface area contributed by atoms with E-state index in [1.54, 1.807) is 13.0 Å². The van der Waals surface area contributed by atoms with Gasteiger partial charge in [0.1, 0.15) is 0 Å². The van der Waals surface area contributed by atoms with Gasteiger partial charge in [-0.1, -0.05) is 22.0 Å². The van der Waals surface area contributed by atoms with Gasteiger partial charge in [0.15, 0.2) is 0 Å². The predicted octanol–water partition coefficient (Wildman–Crippen LogP) is 3.01. The van der Waals surface area contributed by atoms with E-state index in [1.165, 1.54) is 6.07 Å². The van der Waals surface area contributed by atoms with Gasteiger partial charge in [0.2, 0.25) is 5.56 Å². The molecule has 5 heteroatoms. The van der Waals surface area contributed by atoms with Crippen LogP contribution in [0.15, 0.2) is 39.6 Å². The van der Waals surface area contributed by atoms with Crippen LogP contribution in [-0.2, 0) is 0 Å². The van der Waals surface area contributed by atoms with Gasteiger partial charge in [-0.25, -0.2) is 0 Å². The molecular weight excluding hydrogens is 308 g/mol. The van der Waals surface area contributed by atoms with Gasteiger partial charge in [-0.15, -0.1) is 0 Å². The van der Waals surface area contributed by atoms with Crippen molar-refractivity contribution in [3.05, 3.63) is 62.0 Å². The number of nitrogens with one attached hydrogen (secondary N) is 2. The number of pyridine rings is 1. The zero-order valence-electron chi connectivity index (χ0n) is 10.6. The highest BCUT2D eigenvalue weighted by molar-refractivity contribution is 9.10. The van der Waals surface area contributed by atoms with Crippen molar-refractivity contribution >= 4 is 27.5 Å². The largest absolute Gasteiger partial charge is 0.326 e. The number of hydrogen-bond acceptors (Lipinski definition) is 2. The fraction of sp³-hybridized carbons (Fsp3) is 0.143. The number of H-pyrrole nitrogens is 1. The van der Waals surface area contributed by atoms with E-state index in [2.05, 4.69) is 26.2 Å². The van der Waals surface area contributed by atoms with Crippen molar-refractivity contribution in [2.24, 2.45) is 0 Å². The molecule has 0 bridgehead atoms. The van der Waals surface area contributed by atoms with E-state index in [0.717, 1.165) is 10.0 Å². The van der Waals surface area contributed by atoms with E-state index >= 15 is 0 Å². The van der Waals surface area contributed by atoms with E-state index in [1.807, 2.05) is 25.1 Å². The third-order valence-corrected chi connectivity index (χ3v) is 3.53. The number of anilines is 1. The molecule has 2 aromatic rings. The summed E-state index contributed by atoms with van der Waals surface area (Å²) < 4.78 is 0.924. The zero-order chi connectivity index (χ0) is 14.0. The molecule has 0 atom stereocenters. The molecule has 0 aliphatic heterocycles. The van der Waals surface area contributed by atoms with Crippen LogP contribution in [-0.4, -0.2) is 10.9 Å². The van der Waals surface area contributed by atoms with Gasteiger partial charge in [0.25, 0.3) is 5.91 Å². The van der Waals surface area contributed by atoms with E-state index < -0.39 is 0 Å². The summed E-state index contributed by atoms with van der Waals surface area (Å²) in [6, 6.07) is 8.47. The van der Waals surface area contributed by atoms with Crippen molar-refractivity contribution in [1.29, 1.82) is 0 Å². The maximum absolute atomic E-state index is 12.0. The zero-order valence-corrected chi connectivity index (χ0v) is 12.2. The quantitative estimate of drug-likeness (QED) is 0.893. The van der Waals surface area contributed by atoms with Crippen LogP contribution in [0, 0.1) is 13.8 Å². The smallest absolute Gasteiger partial charge is 0.255 e. The molecule has 2 rings (SSSR count). The van der Waals surface area contributed by atoms with Gasteiger partial charge >= 0.3 is 0 Å². The summed E-state index contributed by atoms with van der Waals surface area (Å²) in [5, 5.41) is 2.76. The van der Waals surface area contributed by atoms with Crippen LogP contribution in [0.2, 0.25) is 0 Å². The minimum atomic E-state index is -0.301. The van der Waals surface area contributed by atoms with Crippen LogP contribution in [0.25, 0.3) is 0 Å². The molecule has 2 N–H and O–H groups in total. The molecule has 0 aliphatic carbocycles. The van der Waals surface area contributed by atoms with Crippen molar-refractivity contribution in [2.75, 3.05) is 5.32 Å². The third kappa shape index (κ3) is 3.32.